The first kappa shape index (κ1) is 17.3. The largest absolute Gasteiger partial charge is 0.480 e. The van der Waals surface area contributed by atoms with Crippen molar-refractivity contribution in [1.82, 2.24) is 4.90 Å². The van der Waals surface area contributed by atoms with Gasteiger partial charge in [-0.05, 0) is 39.5 Å². The van der Waals surface area contributed by atoms with Gasteiger partial charge >= 0.3 is 5.97 Å². The van der Waals surface area contributed by atoms with Crippen LogP contribution in [0.15, 0.2) is 0 Å². The summed E-state index contributed by atoms with van der Waals surface area (Å²) < 4.78 is -0.654. The van der Waals surface area contributed by atoms with Crippen molar-refractivity contribution in [1.29, 1.82) is 0 Å². The first-order valence-electron chi connectivity index (χ1n) is 7.21. The number of nitrogens with zero attached hydrogens (tertiary/aromatic N) is 1. The van der Waals surface area contributed by atoms with Gasteiger partial charge < -0.3 is 15.7 Å². The van der Waals surface area contributed by atoms with Crippen molar-refractivity contribution in [2.75, 3.05) is 12.3 Å². The number of carboxylic acid groups (broad SMARTS) is 1. The lowest BCUT2D eigenvalue weighted by molar-refractivity contribution is -0.139. The SMILES string of the molecule is CCC1CCCCN1C(=O)CSC(C)(C)[C@@H](N)C(=O)O. The molecule has 0 radical (unpaired) electrons. The van der Waals surface area contributed by atoms with Crippen LogP contribution >= 0.6 is 11.8 Å². The third kappa shape index (κ3) is 4.38. The third-order valence-electron chi connectivity index (χ3n) is 4.00. The van der Waals surface area contributed by atoms with Crippen LogP contribution in [0.3, 0.4) is 0 Å². The molecule has 6 heteroatoms. The molecule has 1 unspecified atom stereocenters. The third-order valence-corrected chi connectivity index (χ3v) is 5.39. The van der Waals surface area contributed by atoms with Crippen LogP contribution in [-0.4, -0.2) is 51.0 Å². The molecule has 2 atom stereocenters. The number of carboxylic acids is 1. The van der Waals surface area contributed by atoms with E-state index in [0.717, 1.165) is 25.8 Å². The van der Waals surface area contributed by atoms with Crippen LogP contribution in [0.2, 0.25) is 0 Å². The van der Waals surface area contributed by atoms with Crippen LogP contribution in [0.1, 0.15) is 46.5 Å². The topological polar surface area (TPSA) is 83.6 Å². The highest BCUT2D eigenvalue weighted by Gasteiger charge is 2.34. The predicted octanol–water partition coefficient (Wildman–Crippen LogP) is 1.70. The zero-order chi connectivity index (χ0) is 15.3. The van der Waals surface area contributed by atoms with Crippen LogP contribution in [0.5, 0.6) is 0 Å². The zero-order valence-corrected chi connectivity index (χ0v) is 13.4. The Morgan fingerprint density at radius 2 is 2.10 bits per heavy atom. The van der Waals surface area contributed by atoms with Crippen LogP contribution in [-0.2, 0) is 9.59 Å². The minimum absolute atomic E-state index is 0.104. The Morgan fingerprint density at radius 1 is 1.45 bits per heavy atom. The smallest absolute Gasteiger partial charge is 0.321 e. The van der Waals surface area contributed by atoms with Gasteiger partial charge in [0.25, 0.3) is 0 Å². The second-order valence-corrected chi connectivity index (χ2v) is 7.48. The molecule has 1 heterocycles. The van der Waals surface area contributed by atoms with Crippen LogP contribution in [0.25, 0.3) is 0 Å². The van der Waals surface area contributed by atoms with E-state index in [4.69, 9.17) is 10.8 Å². The molecule has 0 aromatic heterocycles. The number of likely N-dealkylation sites (tertiary alicyclic amines) is 1. The molecule has 5 nitrogen and oxygen atoms in total. The number of carbonyl (C=O) groups excluding carboxylic acids is 1. The number of rotatable bonds is 6. The summed E-state index contributed by atoms with van der Waals surface area (Å²) in [6, 6.07) is -0.628. The van der Waals surface area contributed by atoms with E-state index in [1.165, 1.54) is 18.2 Å². The fourth-order valence-corrected chi connectivity index (χ4v) is 3.41. The van der Waals surface area contributed by atoms with Gasteiger partial charge in [0.05, 0.1) is 5.75 Å². The molecule has 0 aromatic carbocycles. The lowest BCUT2D eigenvalue weighted by Gasteiger charge is -2.36. The summed E-state index contributed by atoms with van der Waals surface area (Å²) in [5.74, 6) is -0.628. The highest BCUT2D eigenvalue weighted by Crippen LogP contribution is 2.29. The quantitative estimate of drug-likeness (QED) is 0.780. The highest BCUT2D eigenvalue weighted by molar-refractivity contribution is 8.01. The van der Waals surface area contributed by atoms with Gasteiger partial charge in [0.1, 0.15) is 6.04 Å². The Kier molecular flexibility index (Phi) is 6.33. The van der Waals surface area contributed by atoms with E-state index in [1.54, 1.807) is 13.8 Å². The summed E-state index contributed by atoms with van der Waals surface area (Å²) in [5, 5.41) is 8.98. The van der Waals surface area contributed by atoms with Crippen molar-refractivity contribution in [2.45, 2.75) is 63.3 Å². The van der Waals surface area contributed by atoms with Crippen molar-refractivity contribution >= 4 is 23.6 Å². The van der Waals surface area contributed by atoms with Crippen LogP contribution in [0.4, 0.5) is 0 Å². The molecule has 1 fully saturated rings. The number of thioether (sulfide) groups is 1. The predicted molar refractivity (Wildman–Crippen MR) is 81.8 cm³/mol. The summed E-state index contributed by atoms with van der Waals surface area (Å²) >= 11 is 1.33. The van der Waals surface area contributed by atoms with E-state index in [2.05, 4.69) is 6.92 Å². The molecule has 1 amide bonds. The van der Waals surface area contributed by atoms with Gasteiger partial charge in [-0.3, -0.25) is 9.59 Å². The summed E-state index contributed by atoms with van der Waals surface area (Å²) in [4.78, 5) is 25.2. The maximum absolute atomic E-state index is 12.3. The lowest BCUT2D eigenvalue weighted by Crippen LogP contribution is -2.48. The highest BCUT2D eigenvalue weighted by atomic mass is 32.2. The Hall–Kier alpha value is -0.750. The molecule has 1 aliphatic heterocycles. The number of piperidine rings is 1. The van der Waals surface area contributed by atoms with Gasteiger partial charge in [0, 0.05) is 17.3 Å². The molecular formula is C14H26N2O3S. The second kappa shape index (κ2) is 7.31. The van der Waals surface area contributed by atoms with E-state index in [0.29, 0.717) is 11.8 Å². The summed E-state index contributed by atoms with van der Waals surface area (Å²) in [5.41, 5.74) is 5.67. The van der Waals surface area contributed by atoms with Crippen molar-refractivity contribution in [3.05, 3.63) is 0 Å². The number of amides is 1. The van der Waals surface area contributed by atoms with E-state index >= 15 is 0 Å². The average Bonchev–Trinajstić information content (AvgIpc) is 2.43. The standard InChI is InChI=1S/C14H26N2O3S/c1-4-10-7-5-6-8-16(10)11(17)9-20-14(2,3)12(15)13(18)19/h10,12H,4-9,15H2,1-3H3,(H,18,19)/t10?,12-/m0/s1. The number of nitrogens with two attached hydrogens (primary N) is 1. The molecule has 20 heavy (non-hydrogen) atoms. The molecule has 116 valence electrons. The van der Waals surface area contributed by atoms with E-state index in [1.807, 2.05) is 4.90 Å². The molecule has 3 N–H and O–H groups in total. The van der Waals surface area contributed by atoms with Gasteiger partial charge in [-0.1, -0.05) is 6.92 Å². The number of carbonyl (C=O) groups is 2. The normalized spacial score (nSPS) is 21.6. The first-order chi connectivity index (χ1) is 9.29. The molecule has 0 aromatic rings. The fourth-order valence-electron chi connectivity index (χ4n) is 2.47. The monoisotopic (exact) mass is 302 g/mol. The average molecular weight is 302 g/mol. The molecule has 1 rings (SSSR count). The first-order valence-corrected chi connectivity index (χ1v) is 8.20. The van der Waals surface area contributed by atoms with Crippen molar-refractivity contribution in [3.8, 4) is 0 Å². The van der Waals surface area contributed by atoms with Crippen molar-refractivity contribution in [3.63, 3.8) is 0 Å². The second-order valence-electron chi connectivity index (χ2n) is 5.85. The summed E-state index contributed by atoms with van der Waals surface area (Å²) in [6.07, 6.45) is 4.30. The molecule has 0 saturated carbocycles. The molecule has 1 aliphatic rings. The Balaban J connectivity index is 2.55. The summed E-state index contributed by atoms with van der Waals surface area (Å²) in [6.45, 7) is 6.48. The maximum Gasteiger partial charge on any atom is 0.321 e. The lowest BCUT2D eigenvalue weighted by atomic mass is 10.0. The Labute approximate surface area is 125 Å². The molecular weight excluding hydrogens is 276 g/mol. The van der Waals surface area contributed by atoms with E-state index in [-0.39, 0.29) is 5.91 Å². The summed E-state index contributed by atoms with van der Waals surface area (Å²) in [7, 11) is 0. The molecule has 0 aliphatic carbocycles. The molecule has 1 saturated heterocycles. The van der Waals surface area contributed by atoms with E-state index < -0.39 is 16.8 Å². The number of hydrogen-bond donors (Lipinski definition) is 2. The number of hydrogen-bond acceptors (Lipinski definition) is 4. The minimum atomic E-state index is -1.03. The maximum atomic E-state index is 12.3. The molecule has 0 spiro atoms. The van der Waals surface area contributed by atoms with E-state index in [9.17, 15) is 9.59 Å². The van der Waals surface area contributed by atoms with Gasteiger partial charge in [-0.15, -0.1) is 11.8 Å². The number of aliphatic carboxylic acids is 1. The molecule has 0 bridgehead atoms. The Bertz CT molecular complexity index is 360. The zero-order valence-electron chi connectivity index (χ0n) is 12.6. The van der Waals surface area contributed by atoms with Crippen LogP contribution in [0, 0.1) is 0 Å². The van der Waals surface area contributed by atoms with Crippen molar-refractivity contribution < 1.29 is 14.7 Å². The fraction of sp³-hybridized carbons (Fsp3) is 0.857. The Morgan fingerprint density at radius 3 is 2.65 bits per heavy atom. The van der Waals surface area contributed by atoms with Gasteiger partial charge in [-0.25, -0.2) is 0 Å². The van der Waals surface area contributed by atoms with Gasteiger partial charge in [0.15, 0.2) is 0 Å². The van der Waals surface area contributed by atoms with Gasteiger partial charge in [0.2, 0.25) is 5.91 Å². The van der Waals surface area contributed by atoms with Gasteiger partial charge in [-0.2, -0.15) is 0 Å². The van der Waals surface area contributed by atoms with Crippen LogP contribution < -0.4 is 5.73 Å². The minimum Gasteiger partial charge on any atom is -0.480 e. The van der Waals surface area contributed by atoms with Crippen molar-refractivity contribution in [2.24, 2.45) is 5.73 Å².